The number of aliphatic hydroxyl groups is 2. The normalized spacial score (nSPS) is 17.7. The molecule has 2 heterocycles. The van der Waals surface area contributed by atoms with Crippen LogP contribution in [0.15, 0.2) is 60.8 Å². The van der Waals surface area contributed by atoms with Crippen molar-refractivity contribution in [2.45, 2.75) is 38.5 Å². The van der Waals surface area contributed by atoms with Crippen LogP contribution in [0.2, 0.25) is 5.02 Å². The maximum Gasteiger partial charge on any atom is 0.120 e. The Hall–Kier alpha value is -3.15. The van der Waals surface area contributed by atoms with E-state index in [4.69, 9.17) is 16.3 Å². The van der Waals surface area contributed by atoms with Crippen LogP contribution in [0.3, 0.4) is 0 Å². The summed E-state index contributed by atoms with van der Waals surface area (Å²) in [6.07, 6.45) is 2.55. The smallest absolute Gasteiger partial charge is 0.120 e. The molecule has 0 spiro atoms. The monoisotopic (exact) mass is 520 g/mol. The third-order valence-electron chi connectivity index (χ3n) is 6.73. The van der Waals surface area contributed by atoms with Crippen LogP contribution in [0.25, 0.3) is 0 Å². The van der Waals surface area contributed by atoms with Crippen LogP contribution in [0.1, 0.15) is 48.7 Å². The number of nitriles is 1. The second kappa shape index (κ2) is 11.9. The van der Waals surface area contributed by atoms with E-state index < -0.39 is 5.60 Å². The second-order valence-corrected chi connectivity index (χ2v) is 10.0. The molecular weight excluding hydrogens is 488 g/mol. The van der Waals surface area contributed by atoms with Gasteiger partial charge in [-0.15, -0.1) is 0 Å². The predicted octanol–water partition coefficient (Wildman–Crippen LogP) is 4.66. The van der Waals surface area contributed by atoms with E-state index in [9.17, 15) is 15.5 Å². The molecule has 0 bridgehead atoms. The molecule has 0 aliphatic carbocycles. The lowest BCUT2D eigenvalue weighted by Gasteiger charge is -2.45. The predicted molar refractivity (Wildman–Crippen MR) is 145 cm³/mol. The third-order valence-corrected chi connectivity index (χ3v) is 7.03. The van der Waals surface area contributed by atoms with E-state index in [-0.39, 0.29) is 12.6 Å². The molecule has 0 radical (unpaired) electrons. The van der Waals surface area contributed by atoms with Gasteiger partial charge < -0.3 is 19.8 Å². The van der Waals surface area contributed by atoms with E-state index >= 15 is 0 Å². The first kappa shape index (κ1) is 26.9. The molecule has 8 heteroatoms. The fourth-order valence-electron chi connectivity index (χ4n) is 4.73. The Bertz CT molecular complexity index is 1230. The minimum absolute atomic E-state index is 0.0351. The number of hydrogen-bond acceptors (Lipinski definition) is 7. The number of aliphatic hydroxyl groups excluding tert-OH is 1. The van der Waals surface area contributed by atoms with Crippen molar-refractivity contribution in [1.29, 1.82) is 5.26 Å². The number of anilines is 1. The van der Waals surface area contributed by atoms with E-state index in [0.717, 1.165) is 30.0 Å². The summed E-state index contributed by atoms with van der Waals surface area (Å²) in [6.45, 7) is 6.88. The van der Waals surface area contributed by atoms with Crippen LogP contribution in [-0.2, 0) is 12.2 Å². The summed E-state index contributed by atoms with van der Waals surface area (Å²) in [5.74, 6) is 0.751. The molecule has 4 rings (SSSR count). The minimum Gasteiger partial charge on any atom is -0.494 e. The maximum absolute atomic E-state index is 11.3. The standard InChI is InChI=1S/C29H33ClN4O3/c1-3-14-37-25-10-11-27(26(30)15-25)34-13-12-33(18-28(34)22-6-4-21(16-31)5-7-22)20-29(2,36)23-8-9-24(19-35)32-17-23/h4-11,15,17,28,35-36H,3,12-14,18-20H2,1-2H3/t28-,29+/m0/s1. The zero-order valence-corrected chi connectivity index (χ0v) is 22.0. The first-order chi connectivity index (χ1) is 17.8. The first-order valence-corrected chi connectivity index (χ1v) is 12.9. The number of hydrogen-bond donors (Lipinski definition) is 2. The number of halogens is 1. The molecule has 7 nitrogen and oxygen atoms in total. The Morgan fingerprint density at radius 3 is 2.57 bits per heavy atom. The number of pyridine rings is 1. The van der Waals surface area contributed by atoms with Gasteiger partial charge in [-0.3, -0.25) is 9.88 Å². The highest BCUT2D eigenvalue weighted by Crippen LogP contribution is 2.38. The molecule has 0 amide bonds. The van der Waals surface area contributed by atoms with Gasteiger partial charge in [-0.05, 0) is 49.2 Å². The molecule has 2 N–H and O–H groups in total. The lowest BCUT2D eigenvalue weighted by atomic mass is 9.94. The van der Waals surface area contributed by atoms with Gasteiger partial charge in [0.25, 0.3) is 0 Å². The van der Waals surface area contributed by atoms with E-state index in [2.05, 4.69) is 27.8 Å². The van der Waals surface area contributed by atoms with E-state index in [1.54, 1.807) is 19.2 Å². The SMILES string of the molecule is CCCOc1ccc(N2CCN(C[C@@](C)(O)c3ccc(CO)nc3)C[C@H]2c2ccc(C#N)cc2)c(Cl)c1. The molecule has 1 saturated heterocycles. The van der Waals surface area contributed by atoms with Crippen LogP contribution in [0.4, 0.5) is 5.69 Å². The first-order valence-electron chi connectivity index (χ1n) is 12.5. The Morgan fingerprint density at radius 1 is 1.16 bits per heavy atom. The highest BCUT2D eigenvalue weighted by atomic mass is 35.5. The molecule has 3 aromatic rings. The molecule has 194 valence electrons. The van der Waals surface area contributed by atoms with Crippen LogP contribution in [0, 0.1) is 11.3 Å². The quantitative estimate of drug-likeness (QED) is 0.424. The number of aromatic nitrogens is 1. The Labute approximate surface area is 223 Å². The van der Waals surface area contributed by atoms with Crippen molar-refractivity contribution >= 4 is 17.3 Å². The van der Waals surface area contributed by atoms with Gasteiger partial charge in [-0.25, -0.2) is 0 Å². The fourth-order valence-corrected chi connectivity index (χ4v) is 5.01. The topological polar surface area (TPSA) is 92.8 Å². The lowest BCUT2D eigenvalue weighted by Crippen LogP contribution is -2.52. The van der Waals surface area contributed by atoms with E-state index in [1.165, 1.54) is 0 Å². The molecule has 1 aliphatic rings. The molecule has 0 unspecified atom stereocenters. The van der Waals surface area contributed by atoms with Crippen molar-refractivity contribution in [3.05, 3.63) is 88.2 Å². The highest BCUT2D eigenvalue weighted by Gasteiger charge is 2.34. The van der Waals surface area contributed by atoms with Crippen molar-refractivity contribution < 1.29 is 14.9 Å². The van der Waals surface area contributed by atoms with Gasteiger partial charge in [0.2, 0.25) is 0 Å². The summed E-state index contributed by atoms with van der Waals surface area (Å²) in [7, 11) is 0. The average molecular weight is 521 g/mol. The van der Waals surface area contributed by atoms with Crippen LogP contribution in [-0.4, -0.2) is 52.9 Å². The molecule has 2 aromatic carbocycles. The fraction of sp³-hybridized carbons (Fsp3) is 0.379. The lowest BCUT2D eigenvalue weighted by molar-refractivity contribution is 0.00997. The Balaban J connectivity index is 1.59. The van der Waals surface area contributed by atoms with Crippen molar-refractivity contribution in [3.8, 4) is 11.8 Å². The Morgan fingerprint density at radius 2 is 1.95 bits per heavy atom. The molecule has 37 heavy (non-hydrogen) atoms. The minimum atomic E-state index is -1.12. The summed E-state index contributed by atoms with van der Waals surface area (Å²) in [6, 6.07) is 19.2. The van der Waals surface area contributed by atoms with E-state index in [1.807, 2.05) is 48.5 Å². The summed E-state index contributed by atoms with van der Waals surface area (Å²) in [5, 5.41) is 30.5. The number of rotatable bonds is 9. The molecule has 1 fully saturated rings. The molecule has 2 atom stereocenters. The number of benzene rings is 2. The molecule has 1 aromatic heterocycles. The average Bonchev–Trinajstić information content (AvgIpc) is 2.92. The number of ether oxygens (including phenoxy) is 1. The zero-order chi connectivity index (χ0) is 26.4. The van der Waals surface area contributed by atoms with Crippen LogP contribution >= 0.6 is 11.6 Å². The van der Waals surface area contributed by atoms with Gasteiger partial charge in [-0.2, -0.15) is 5.26 Å². The van der Waals surface area contributed by atoms with Gasteiger partial charge in [-0.1, -0.05) is 36.7 Å². The Kier molecular flexibility index (Phi) is 8.67. The third kappa shape index (κ3) is 6.41. The maximum atomic E-state index is 11.3. The number of piperazine rings is 1. The van der Waals surface area contributed by atoms with E-state index in [0.29, 0.717) is 48.1 Å². The van der Waals surface area contributed by atoms with Crippen molar-refractivity contribution in [1.82, 2.24) is 9.88 Å². The molecule has 1 aliphatic heterocycles. The summed E-state index contributed by atoms with van der Waals surface area (Å²) in [4.78, 5) is 8.76. The van der Waals surface area contributed by atoms with Crippen LogP contribution < -0.4 is 9.64 Å². The summed E-state index contributed by atoms with van der Waals surface area (Å²) in [5.41, 5.74) is 2.76. The number of nitrogens with zero attached hydrogens (tertiary/aromatic N) is 4. The largest absolute Gasteiger partial charge is 0.494 e. The summed E-state index contributed by atoms with van der Waals surface area (Å²) >= 11 is 6.75. The molecular formula is C29H33ClN4O3. The van der Waals surface area contributed by atoms with Gasteiger partial charge in [0, 0.05) is 44.0 Å². The molecule has 0 saturated carbocycles. The summed E-state index contributed by atoms with van der Waals surface area (Å²) < 4.78 is 5.76. The van der Waals surface area contributed by atoms with Crippen molar-refractivity contribution in [3.63, 3.8) is 0 Å². The van der Waals surface area contributed by atoms with Crippen LogP contribution in [0.5, 0.6) is 5.75 Å². The zero-order valence-electron chi connectivity index (χ0n) is 21.3. The van der Waals surface area contributed by atoms with Gasteiger partial charge in [0.1, 0.15) is 11.4 Å². The van der Waals surface area contributed by atoms with Gasteiger partial charge >= 0.3 is 0 Å². The second-order valence-electron chi connectivity index (χ2n) is 9.61. The van der Waals surface area contributed by atoms with Crippen molar-refractivity contribution in [2.24, 2.45) is 0 Å². The van der Waals surface area contributed by atoms with Gasteiger partial charge in [0.05, 0.1) is 47.3 Å². The van der Waals surface area contributed by atoms with Gasteiger partial charge in [0.15, 0.2) is 0 Å². The van der Waals surface area contributed by atoms with Crippen molar-refractivity contribution in [2.75, 3.05) is 37.7 Å². The highest BCUT2D eigenvalue weighted by molar-refractivity contribution is 6.33. The number of β-amino-alcohol motifs (C(OH)–C–C–N with tert-alkyl or cyclic N) is 1.